The van der Waals surface area contributed by atoms with Crippen LogP contribution in [0.1, 0.15) is 22.0 Å². The van der Waals surface area contributed by atoms with Crippen molar-refractivity contribution < 1.29 is 13.9 Å². The summed E-state index contributed by atoms with van der Waals surface area (Å²) in [5.74, 6) is 2.17. The number of nitrogens with zero attached hydrogens (tertiary/aromatic N) is 3. The van der Waals surface area contributed by atoms with Crippen molar-refractivity contribution >= 4 is 23.5 Å². The normalized spacial score (nSPS) is 10.7. The van der Waals surface area contributed by atoms with E-state index in [0.717, 1.165) is 11.5 Å². The molecular formula is C16H22N4O3S. The van der Waals surface area contributed by atoms with Crippen molar-refractivity contribution in [3.8, 4) is 0 Å². The summed E-state index contributed by atoms with van der Waals surface area (Å²) in [6.07, 6.45) is 0. The average Bonchev–Trinajstić information content (AvgIpc) is 3.01. The molecular weight excluding hydrogens is 328 g/mol. The Kier molecular flexibility index (Phi) is 6.62. The first kappa shape index (κ1) is 18.3. The Morgan fingerprint density at radius 1 is 1.38 bits per heavy atom. The molecule has 24 heavy (non-hydrogen) atoms. The molecule has 0 aliphatic carbocycles. The molecule has 2 aromatic rings. The Hall–Kier alpha value is -2.06. The number of hydrogen-bond acceptors (Lipinski definition) is 7. The van der Waals surface area contributed by atoms with Crippen molar-refractivity contribution in [2.24, 2.45) is 0 Å². The summed E-state index contributed by atoms with van der Waals surface area (Å²) in [6, 6.07) is 5.39. The van der Waals surface area contributed by atoms with Crippen LogP contribution in [0.2, 0.25) is 0 Å². The number of furan rings is 1. The standard InChI is InChI=1S/C16H22N4O3S/c1-11-9-14(20(2)3)19-16(18-11)24-10-12-5-6-13(23-12)15(21)17-7-8-22-4/h5-6,9H,7-8,10H2,1-4H3,(H,17,21). The van der Waals surface area contributed by atoms with E-state index < -0.39 is 0 Å². The van der Waals surface area contributed by atoms with Crippen LogP contribution in [-0.4, -0.2) is 50.2 Å². The highest BCUT2D eigenvalue weighted by Gasteiger charge is 2.12. The molecule has 0 radical (unpaired) electrons. The minimum absolute atomic E-state index is 0.245. The minimum Gasteiger partial charge on any atom is -0.455 e. The zero-order valence-corrected chi connectivity index (χ0v) is 15.1. The van der Waals surface area contributed by atoms with Crippen LogP contribution in [0.25, 0.3) is 0 Å². The van der Waals surface area contributed by atoms with Gasteiger partial charge in [0.15, 0.2) is 10.9 Å². The van der Waals surface area contributed by atoms with Crippen LogP contribution in [0.15, 0.2) is 27.8 Å². The molecule has 2 rings (SSSR count). The quantitative estimate of drug-likeness (QED) is 0.444. The Morgan fingerprint density at radius 2 is 2.17 bits per heavy atom. The lowest BCUT2D eigenvalue weighted by Gasteiger charge is -2.12. The maximum Gasteiger partial charge on any atom is 0.287 e. The first-order valence-corrected chi connectivity index (χ1v) is 8.50. The third-order valence-corrected chi connectivity index (χ3v) is 3.97. The number of ether oxygens (including phenoxy) is 1. The van der Waals surface area contributed by atoms with Crippen molar-refractivity contribution in [3.63, 3.8) is 0 Å². The van der Waals surface area contributed by atoms with Crippen LogP contribution in [-0.2, 0) is 10.5 Å². The largest absolute Gasteiger partial charge is 0.455 e. The Bertz CT molecular complexity index is 688. The average molecular weight is 350 g/mol. The van der Waals surface area contributed by atoms with Gasteiger partial charge in [-0.15, -0.1) is 0 Å². The van der Waals surface area contributed by atoms with Gasteiger partial charge in [0, 0.05) is 39.5 Å². The fraction of sp³-hybridized carbons (Fsp3) is 0.438. The predicted octanol–water partition coefficient (Wildman–Crippen LogP) is 2.11. The van der Waals surface area contributed by atoms with Crippen LogP contribution in [0.5, 0.6) is 0 Å². The number of aromatic nitrogens is 2. The zero-order valence-electron chi connectivity index (χ0n) is 14.3. The summed E-state index contributed by atoms with van der Waals surface area (Å²) in [5.41, 5.74) is 0.911. The summed E-state index contributed by atoms with van der Waals surface area (Å²) in [5, 5.41) is 3.40. The van der Waals surface area contributed by atoms with Gasteiger partial charge in [-0.3, -0.25) is 4.79 Å². The van der Waals surface area contributed by atoms with Crippen molar-refractivity contribution in [2.75, 3.05) is 39.3 Å². The number of thioether (sulfide) groups is 1. The van der Waals surface area contributed by atoms with Crippen molar-refractivity contribution in [2.45, 2.75) is 17.8 Å². The lowest BCUT2D eigenvalue weighted by Crippen LogP contribution is -2.26. The molecule has 0 atom stereocenters. The van der Waals surface area contributed by atoms with Crippen LogP contribution in [0.3, 0.4) is 0 Å². The minimum atomic E-state index is -0.245. The first-order chi connectivity index (χ1) is 11.5. The molecule has 0 aliphatic rings. The predicted molar refractivity (Wildman–Crippen MR) is 93.6 cm³/mol. The lowest BCUT2D eigenvalue weighted by molar-refractivity contribution is 0.0908. The van der Waals surface area contributed by atoms with Gasteiger partial charge in [0.2, 0.25) is 0 Å². The van der Waals surface area contributed by atoms with Gasteiger partial charge in [0.1, 0.15) is 11.6 Å². The fourth-order valence-electron chi connectivity index (χ4n) is 1.89. The zero-order chi connectivity index (χ0) is 17.5. The number of aryl methyl sites for hydroxylation is 1. The molecule has 2 aromatic heterocycles. The van der Waals surface area contributed by atoms with Crippen molar-refractivity contribution in [1.29, 1.82) is 0 Å². The second kappa shape index (κ2) is 8.70. The summed E-state index contributed by atoms with van der Waals surface area (Å²) in [6.45, 7) is 2.85. The van der Waals surface area contributed by atoms with Gasteiger partial charge in [-0.2, -0.15) is 0 Å². The van der Waals surface area contributed by atoms with E-state index in [1.807, 2.05) is 32.0 Å². The van der Waals surface area contributed by atoms with E-state index in [-0.39, 0.29) is 5.91 Å². The molecule has 0 aliphatic heterocycles. The Labute approximate surface area is 145 Å². The molecule has 0 saturated heterocycles. The molecule has 0 fully saturated rings. The summed E-state index contributed by atoms with van der Waals surface area (Å²) in [4.78, 5) is 22.7. The van der Waals surface area contributed by atoms with Crippen LogP contribution in [0.4, 0.5) is 5.82 Å². The molecule has 0 bridgehead atoms. The number of methoxy groups -OCH3 is 1. The van der Waals surface area contributed by atoms with Gasteiger partial charge in [0.25, 0.3) is 5.91 Å². The van der Waals surface area contributed by atoms with Gasteiger partial charge in [-0.25, -0.2) is 9.97 Å². The highest BCUT2D eigenvalue weighted by atomic mass is 32.2. The maximum atomic E-state index is 11.9. The van der Waals surface area contributed by atoms with E-state index in [2.05, 4.69) is 15.3 Å². The number of carbonyl (C=O) groups excluding carboxylic acids is 1. The van der Waals surface area contributed by atoms with Crippen molar-refractivity contribution in [3.05, 3.63) is 35.4 Å². The van der Waals surface area contributed by atoms with Crippen LogP contribution in [0, 0.1) is 6.92 Å². The van der Waals surface area contributed by atoms with E-state index in [0.29, 0.717) is 35.6 Å². The summed E-state index contributed by atoms with van der Waals surface area (Å²) >= 11 is 1.47. The topological polar surface area (TPSA) is 80.5 Å². The number of anilines is 1. The summed E-state index contributed by atoms with van der Waals surface area (Å²) < 4.78 is 10.5. The molecule has 1 amide bonds. The molecule has 0 unspecified atom stereocenters. The maximum absolute atomic E-state index is 11.9. The highest BCUT2D eigenvalue weighted by molar-refractivity contribution is 7.98. The van der Waals surface area contributed by atoms with Gasteiger partial charge in [0.05, 0.1) is 12.4 Å². The van der Waals surface area contributed by atoms with Gasteiger partial charge >= 0.3 is 0 Å². The molecule has 0 spiro atoms. The number of nitrogens with one attached hydrogen (secondary N) is 1. The highest BCUT2D eigenvalue weighted by Crippen LogP contribution is 2.23. The van der Waals surface area contributed by atoms with Gasteiger partial charge in [-0.1, -0.05) is 11.8 Å². The molecule has 0 saturated carbocycles. The van der Waals surface area contributed by atoms with E-state index >= 15 is 0 Å². The Morgan fingerprint density at radius 3 is 2.88 bits per heavy atom. The van der Waals surface area contributed by atoms with Crippen LogP contribution >= 0.6 is 11.8 Å². The molecule has 2 heterocycles. The van der Waals surface area contributed by atoms with Crippen LogP contribution < -0.4 is 10.2 Å². The first-order valence-electron chi connectivity index (χ1n) is 7.51. The molecule has 8 heteroatoms. The number of carbonyl (C=O) groups is 1. The number of amides is 1. The number of hydrogen-bond donors (Lipinski definition) is 1. The molecule has 1 N–H and O–H groups in total. The number of rotatable bonds is 8. The SMILES string of the molecule is COCCNC(=O)c1ccc(CSc2nc(C)cc(N(C)C)n2)o1. The second-order valence-electron chi connectivity index (χ2n) is 5.35. The van der Waals surface area contributed by atoms with E-state index in [1.165, 1.54) is 11.8 Å². The van der Waals surface area contributed by atoms with Gasteiger partial charge < -0.3 is 19.4 Å². The third kappa shape index (κ3) is 5.24. The van der Waals surface area contributed by atoms with E-state index in [4.69, 9.17) is 9.15 Å². The lowest BCUT2D eigenvalue weighted by atomic mass is 10.4. The molecule has 7 nitrogen and oxygen atoms in total. The van der Waals surface area contributed by atoms with Gasteiger partial charge in [-0.05, 0) is 19.1 Å². The summed E-state index contributed by atoms with van der Waals surface area (Å²) in [7, 11) is 5.47. The second-order valence-corrected chi connectivity index (χ2v) is 6.29. The van der Waals surface area contributed by atoms with E-state index in [9.17, 15) is 4.79 Å². The smallest absolute Gasteiger partial charge is 0.287 e. The monoisotopic (exact) mass is 350 g/mol. The molecule has 0 aromatic carbocycles. The third-order valence-electron chi connectivity index (χ3n) is 3.10. The Balaban J connectivity index is 1.94. The van der Waals surface area contributed by atoms with Crippen molar-refractivity contribution in [1.82, 2.24) is 15.3 Å². The fourth-order valence-corrected chi connectivity index (χ4v) is 2.68. The molecule has 130 valence electrons. The van der Waals surface area contributed by atoms with E-state index in [1.54, 1.807) is 19.2 Å².